The highest BCUT2D eigenvalue weighted by Gasteiger charge is 2.29. The van der Waals surface area contributed by atoms with E-state index < -0.39 is 25.9 Å². The second-order valence-corrected chi connectivity index (χ2v) is 9.08. The predicted molar refractivity (Wildman–Crippen MR) is 77.9 cm³/mol. The maximum Gasteiger partial charge on any atom is 0.242 e. The van der Waals surface area contributed by atoms with Gasteiger partial charge in [0.05, 0.1) is 16.5 Å². The number of anilines is 1. The Hall–Kier alpha value is -0.830. The standard InChI is InChI=1S/C11H15ClN2O4S2/c12-10-6-8(13)3-4-11(10)20(17,18)14-9-2-1-5-19(15,16)7-9/h3-4,6,9,14H,1-2,5,7,13H2. The minimum atomic E-state index is -3.86. The van der Waals surface area contributed by atoms with Gasteiger partial charge in [0.1, 0.15) is 4.90 Å². The molecule has 1 unspecified atom stereocenters. The molecule has 0 saturated carbocycles. The van der Waals surface area contributed by atoms with Crippen molar-refractivity contribution in [2.75, 3.05) is 17.2 Å². The predicted octanol–water partition coefficient (Wildman–Crippen LogP) is 0.778. The minimum Gasteiger partial charge on any atom is -0.399 e. The number of nitrogen functional groups attached to an aromatic ring is 1. The van der Waals surface area contributed by atoms with Crippen LogP contribution in [0.15, 0.2) is 23.1 Å². The smallest absolute Gasteiger partial charge is 0.242 e. The summed E-state index contributed by atoms with van der Waals surface area (Å²) in [7, 11) is -7.04. The Morgan fingerprint density at radius 2 is 2.05 bits per heavy atom. The van der Waals surface area contributed by atoms with Gasteiger partial charge in [-0.2, -0.15) is 0 Å². The third kappa shape index (κ3) is 3.63. The average Bonchev–Trinajstić information content (AvgIpc) is 2.25. The normalized spacial score (nSPS) is 22.6. The molecule has 0 aliphatic carbocycles. The first kappa shape index (κ1) is 15.6. The van der Waals surface area contributed by atoms with Crippen LogP contribution in [0, 0.1) is 0 Å². The highest BCUT2D eigenvalue weighted by Crippen LogP contribution is 2.24. The Balaban J connectivity index is 2.23. The fraction of sp³-hybridized carbons (Fsp3) is 0.455. The van der Waals surface area contributed by atoms with Crippen molar-refractivity contribution in [2.45, 2.75) is 23.8 Å². The van der Waals surface area contributed by atoms with Gasteiger partial charge in [-0.15, -0.1) is 0 Å². The topological polar surface area (TPSA) is 106 Å². The zero-order valence-electron chi connectivity index (χ0n) is 10.5. The summed E-state index contributed by atoms with van der Waals surface area (Å²) in [6.45, 7) is 0. The van der Waals surface area contributed by atoms with E-state index in [2.05, 4.69) is 4.72 Å². The van der Waals surface area contributed by atoms with Crippen molar-refractivity contribution in [1.29, 1.82) is 0 Å². The van der Waals surface area contributed by atoms with Crippen molar-refractivity contribution in [3.05, 3.63) is 23.2 Å². The Labute approximate surface area is 123 Å². The molecule has 0 bridgehead atoms. The molecule has 1 aromatic carbocycles. The molecule has 2 rings (SSSR count). The van der Waals surface area contributed by atoms with E-state index in [0.29, 0.717) is 18.5 Å². The van der Waals surface area contributed by atoms with E-state index in [4.69, 9.17) is 17.3 Å². The summed E-state index contributed by atoms with van der Waals surface area (Å²) in [5.41, 5.74) is 5.87. The maximum absolute atomic E-state index is 12.2. The summed E-state index contributed by atoms with van der Waals surface area (Å²) in [6.07, 6.45) is 0.941. The molecule has 6 nitrogen and oxygen atoms in total. The van der Waals surface area contributed by atoms with Crippen LogP contribution in [0.1, 0.15) is 12.8 Å². The van der Waals surface area contributed by atoms with Crippen LogP contribution in [0.25, 0.3) is 0 Å². The Morgan fingerprint density at radius 1 is 1.35 bits per heavy atom. The molecule has 0 radical (unpaired) electrons. The molecular weight excluding hydrogens is 324 g/mol. The molecule has 1 aromatic rings. The van der Waals surface area contributed by atoms with Gasteiger partial charge < -0.3 is 5.73 Å². The number of rotatable bonds is 3. The number of hydrogen-bond donors (Lipinski definition) is 2. The quantitative estimate of drug-likeness (QED) is 0.792. The number of nitrogens with one attached hydrogen (secondary N) is 1. The number of hydrogen-bond acceptors (Lipinski definition) is 5. The molecule has 112 valence electrons. The molecule has 1 aliphatic rings. The van der Waals surface area contributed by atoms with E-state index in [0.717, 1.165) is 0 Å². The van der Waals surface area contributed by atoms with Crippen LogP contribution in [0.5, 0.6) is 0 Å². The van der Waals surface area contributed by atoms with E-state index in [1.807, 2.05) is 0 Å². The molecule has 0 spiro atoms. The SMILES string of the molecule is Nc1ccc(S(=O)(=O)NC2CCCS(=O)(=O)C2)c(Cl)c1. The summed E-state index contributed by atoms with van der Waals surface area (Å²) < 4.78 is 49.9. The van der Waals surface area contributed by atoms with Crippen LogP contribution in [-0.4, -0.2) is 34.4 Å². The lowest BCUT2D eigenvalue weighted by Gasteiger charge is -2.23. The second-order valence-electron chi connectivity index (χ2n) is 4.76. The fourth-order valence-electron chi connectivity index (χ4n) is 2.13. The first-order valence-electron chi connectivity index (χ1n) is 5.97. The third-order valence-corrected chi connectivity index (χ3v) is 6.85. The van der Waals surface area contributed by atoms with Crippen molar-refractivity contribution >= 4 is 37.1 Å². The fourth-order valence-corrected chi connectivity index (χ4v) is 5.70. The van der Waals surface area contributed by atoms with Gasteiger partial charge in [0.25, 0.3) is 0 Å². The first-order chi connectivity index (χ1) is 9.20. The maximum atomic E-state index is 12.2. The van der Waals surface area contributed by atoms with E-state index in [-0.39, 0.29) is 21.4 Å². The Kier molecular flexibility index (Phi) is 4.29. The van der Waals surface area contributed by atoms with E-state index in [1.54, 1.807) is 0 Å². The number of sulfonamides is 1. The summed E-state index contributed by atoms with van der Waals surface area (Å²) in [4.78, 5) is -0.101. The third-order valence-electron chi connectivity index (χ3n) is 3.03. The molecule has 9 heteroatoms. The number of sulfone groups is 1. The van der Waals surface area contributed by atoms with Gasteiger partial charge in [0.2, 0.25) is 10.0 Å². The molecule has 1 fully saturated rings. The Bertz CT molecular complexity index is 716. The summed E-state index contributed by atoms with van der Waals surface area (Å²) in [5, 5.41) is 0.0103. The molecule has 3 N–H and O–H groups in total. The zero-order valence-corrected chi connectivity index (χ0v) is 12.9. The van der Waals surface area contributed by atoms with Crippen molar-refractivity contribution in [2.24, 2.45) is 0 Å². The van der Waals surface area contributed by atoms with Crippen LogP contribution in [0.2, 0.25) is 5.02 Å². The van der Waals surface area contributed by atoms with Gasteiger partial charge in [-0.3, -0.25) is 0 Å². The van der Waals surface area contributed by atoms with Crippen LogP contribution in [0.3, 0.4) is 0 Å². The van der Waals surface area contributed by atoms with Gasteiger partial charge in [-0.25, -0.2) is 21.6 Å². The van der Waals surface area contributed by atoms with E-state index >= 15 is 0 Å². The van der Waals surface area contributed by atoms with Crippen molar-refractivity contribution in [3.8, 4) is 0 Å². The second kappa shape index (κ2) is 5.51. The van der Waals surface area contributed by atoms with Gasteiger partial charge in [-0.1, -0.05) is 11.6 Å². The largest absolute Gasteiger partial charge is 0.399 e. The number of halogens is 1. The average molecular weight is 339 g/mol. The Morgan fingerprint density at radius 3 is 2.65 bits per heavy atom. The van der Waals surface area contributed by atoms with Crippen molar-refractivity contribution in [3.63, 3.8) is 0 Å². The summed E-state index contributed by atoms with van der Waals surface area (Å²) >= 11 is 5.87. The van der Waals surface area contributed by atoms with Crippen LogP contribution in [0.4, 0.5) is 5.69 Å². The van der Waals surface area contributed by atoms with Crippen LogP contribution >= 0.6 is 11.6 Å². The van der Waals surface area contributed by atoms with Gasteiger partial charge in [-0.05, 0) is 31.0 Å². The molecule has 1 heterocycles. The van der Waals surface area contributed by atoms with Gasteiger partial charge in [0, 0.05) is 11.7 Å². The molecule has 1 aliphatic heterocycles. The van der Waals surface area contributed by atoms with Gasteiger partial charge in [0.15, 0.2) is 9.84 Å². The van der Waals surface area contributed by atoms with Crippen LogP contribution in [-0.2, 0) is 19.9 Å². The molecule has 1 saturated heterocycles. The van der Waals surface area contributed by atoms with Crippen LogP contribution < -0.4 is 10.5 Å². The number of benzene rings is 1. The lowest BCUT2D eigenvalue weighted by molar-refractivity contribution is 0.517. The highest BCUT2D eigenvalue weighted by atomic mass is 35.5. The lowest BCUT2D eigenvalue weighted by Crippen LogP contribution is -2.43. The van der Waals surface area contributed by atoms with E-state index in [1.165, 1.54) is 18.2 Å². The van der Waals surface area contributed by atoms with Crippen molar-refractivity contribution in [1.82, 2.24) is 4.72 Å². The first-order valence-corrected chi connectivity index (χ1v) is 9.66. The van der Waals surface area contributed by atoms with E-state index in [9.17, 15) is 16.8 Å². The molecular formula is C11H15ClN2O4S2. The molecule has 1 atom stereocenters. The molecule has 20 heavy (non-hydrogen) atoms. The summed E-state index contributed by atoms with van der Waals surface area (Å²) in [6, 6.07) is 3.45. The monoisotopic (exact) mass is 338 g/mol. The van der Waals surface area contributed by atoms with Gasteiger partial charge >= 0.3 is 0 Å². The highest BCUT2D eigenvalue weighted by molar-refractivity contribution is 7.91. The zero-order chi connectivity index (χ0) is 15.0. The molecule has 0 amide bonds. The molecule has 0 aromatic heterocycles. The minimum absolute atomic E-state index is 0.0103. The number of nitrogens with two attached hydrogens (primary N) is 1. The lowest BCUT2D eigenvalue weighted by atomic mass is 10.2. The summed E-state index contributed by atoms with van der Waals surface area (Å²) in [5.74, 6) is -0.0767. The van der Waals surface area contributed by atoms with Crippen molar-refractivity contribution < 1.29 is 16.8 Å².